The maximum absolute atomic E-state index is 12.5. The summed E-state index contributed by atoms with van der Waals surface area (Å²) in [5.74, 6) is -0.319. The fraction of sp³-hybridized carbons (Fsp3) is 0.133. The van der Waals surface area contributed by atoms with E-state index in [2.05, 4.69) is 0 Å². The molecule has 0 saturated carbocycles. The van der Waals surface area contributed by atoms with E-state index in [4.69, 9.17) is 13.9 Å². The number of fused-ring (bicyclic) bond motifs is 2. The molecule has 0 aliphatic heterocycles. The topological polar surface area (TPSA) is 89.1 Å². The van der Waals surface area contributed by atoms with E-state index in [-0.39, 0.29) is 44.9 Å². The van der Waals surface area contributed by atoms with Crippen LogP contribution in [0.3, 0.4) is 0 Å². The van der Waals surface area contributed by atoms with Crippen molar-refractivity contribution in [3.05, 3.63) is 34.5 Å². The van der Waals surface area contributed by atoms with Crippen molar-refractivity contribution in [1.82, 2.24) is 0 Å². The number of methoxy groups -OCH3 is 2. The van der Waals surface area contributed by atoms with Crippen molar-refractivity contribution in [2.24, 2.45) is 0 Å². The smallest absolute Gasteiger partial charge is 0.208 e. The van der Waals surface area contributed by atoms with Crippen LogP contribution in [0.25, 0.3) is 21.9 Å². The van der Waals surface area contributed by atoms with Crippen LogP contribution in [-0.4, -0.2) is 24.4 Å². The van der Waals surface area contributed by atoms with E-state index >= 15 is 0 Å². The zero-order valence-electron chi connectivity index (χ0n) is 11.3. The van der Waals surface area contributed by atoms with Crippen molar-refractivity contribution in [2.45, 2.75) is 0 Å². The fourth-order valence-corrected chi connectivity index (χ4v) is 2.33. The Kier molecular flexibility index (Phi) is 2.86. The molecular weight excluding hydrogens is 276 g/mol. The molecule has 0 fully saturated rings. The summed E-state index contributed by atoms with van der Waals surface area (Å²) in [6, 6.07) is 5.96. The molecule has 3 rings (SSSR count). The molecule has 2 aromatic carbocycles. The average Bonchev–Trinajstić information content (AvgIpc) is 2.46. The maximum Gasteiger partial charge on any atom is 0.208 e. The lowest BCUT2D eigenvalue weighted by Crippen LogP contribution is -2.04. The quantitative estimate of drug-likeness (QED) is 0.704. The normalized spacial score (nSPS) is 11.0. The van der Waals surface area contributed by atoms with Crippen molar-refractivity contribution >= 4 is 21.9 Å². The predicted molar refractivity (Wildman–Crippen MR) is 76.4 cm³/mol. The van der Waals surface area contributed by atoms with Gasteiger partial charge in [0.2, 0.25) is 11.2 Å². The van der Waals surface area contributed by atoms with Crippen LogP contribution in [0.15, 0.2) is 33.5 Å². The maximum atomic E-state index is 12.5. The zero-order chi connectivity index (χ0) is 15.1. The Morgan fingerprint density at radius 3 is 2.48 bits per heavy atom. The van der Waals surface area contributed by atoms with Gasteiger partial charge in [0.05, 0.1) is 14.2 Å². The van der Waals surface area contributed by atoms with Crippen LogP contribution in [0.1, 0.15) is 0 Å². The number of benzene rings is 2. The van der Waals surface area contributed by atoms with E-state index < -0.39 is 5.43 Å². The molecule has 1 aromatic heterocycles. The minimum Gasteiger partial charge on any atom is -0.507 e. The molecular formula is C15H12O6. The average molecular weight is 288 g/mol. The van der Waals surface area contributed by atoms with Crippen LogP contribution in [0, 0.1) is 0 Å². The SMILES string of the molecule is COc1cc2oc3cccc(O)c3c(=O)c2c(O)c1OC. The van der Waals surface area contributed by atoms with Crippen LogP contribution in [0.4, 0.5) is 0 Å². The number of phenols is 2. The van der Waals surface area contributed by atoms with Gasteiger partial charge >= 0.3 is 0 Å². The van der Waals surface area contributed by atoms with E-state index in [0.717, 1.165) is 0 Å². The highest BCUT2D eigenvalue weighted by Gasteiger charge is 2.20. The highest BCUT2D eigenvalue weighted by molar-refractivity contribution is 5.97. The van der Waals surface area contributed by atoms with Crippen molar-refractivity contribution in [2.75, 3.05) is 14.2 Å². The Morgan fingerprint density at radius 1 is 1.05 bits per heavy atom. The van der Waals surface area contributed by atoms with Gasteiger partial charge in [-0.3, -0.25) is 4.79 Å². The summed E-state index contributed by atoms with van der Waals surface area (Å²) in [5.41, 5.74) is -0.171. The molecule has 0 radical (unpaired) electrons. The first-order valence-electron chi connectivity index (χ1n) is 6.11. The summed E-state index contributed by atoms with van der Waals surface area (Å²) < 4.78 is 15.7. The first kappa shape index (κ1) is 13.1. The molecule has 3 aromatic rings. The van der Waals surface area contributed by atoms with E-state index in [9.17, 15) is 15.0 Å². The lowest BCUT2D eigenvalue weighted by Gasteiger charge is -2.11. The Morgan fingerprint density at radius 2 is 1.81 bits per heavy atom. The number of rotatable bonds is 2. The summed E-state index contributed by atoms with van der Waals surface area (Å²) in [7, 11) is 2.76. The van der Waals surface area contributed by atoms with Gasteiger partial charge < -0.3 is 24.1 Å². The Labute approximate surface area is 118 Å². The monoisotopic (exact) mass is 288 g/mol. The lowest BCUT2D eigenvalue weighted by atomic mass is 10.1. The standard InChI is InChI=1S/C15H12O6/c1-19-10-6-9-12(14(18)15(10)20-2)13(17)11-7(16)4-3-5-8(11)21-9/h3-6,16,18H,1-2H3. The van der Waals surface area contributed by atoms with E-state index in [1.165, 1.54) is 26.4 Å². The third-order valence-corrected chi connectivity index (χ3v) is 3.29. The minimum atomic E-state index is -0.539. The van der Waals surface area contributed by atoms with Gasteiger partial charge in [0.15, 0.2) is 11.5 Å². The molecule has 0 aliphatic rings. The summed E-state index contributed by atoms with van der Waals surface area (Å²) in [5, 5.41) is 20.0. The molecule has 108 valence electrons. The summed E-state index contributed by atoms with van der Waals surface area (Å²) in [6.45, 7) is 0. The van der Waals surface area contributed by atoms with Gasteiger partial charge in [-0.2, -0.15) is 0 Å². The molecule has 0 spiro atoms. The van der Waals surface area contributed by atoms with Gasteiger partial charge in [0, 0.05) is 6.07 Å². The minimum absolute atomic E-state index is 0.00696. The molecule has 0 bridgehead atoms. The number of hydrogen-bond donors (Lipinski definition) is 2. The highest BCUT2D eigenvalue weighted by atomic mass is 16.5. The number of phenolic OH excluding ortho intramolecular Hbond substituents is 2. The van der Waals surface area contributed by atoms with Crippen LogP contribution in [-0.2, 0) is 0 Å². The van der Waals surface area contributed by atoms with Crippen molar-refractivity contribution < 1.29 is 24.1 Å². The molecule has 0 atom stereocenters. The second-order valence-corrected chi connectivity index (χ2v) is 4.42. The second kappa shape index (κ2) is 4.59. The molecule has 6 heteroatoms. The Balaban J connectivity index is 2.58. The van der Waals surface area contributed by atoms with E-state index in [1.54, 1.807) is 12.1 Å². The molecule has 0 saturated heterocycles. The van der Waals surface area contributed by atoms with Gasteiger partial charge in [-0.1, -0.05) is 6.07 Å². The van der Waals surface area contributed by atoms with Crippen molar-refractivity contribution in [3.8, 4) is 23.0 Å². The molecule has 0 unspecified atom stereocenters. The Bertz CT molecular complexity index is 910. The summed E-state index contributed by atoms with van der Waals surface area (Å²) in [4.78, 5) is 12.5. The first-order chi connectivity index (χ1) is 10.1. The number of ether oxygens (including phenoxy) is 2. The molecule has 0 aliphatic carbocycles. The fourth-order valence-electron chi connectivity index (χ4n) is 2.33. The van der Waals surface area contributed by atoms with Gasteiger partial charge in [0.25, 0.3) is 0 Å². The van der Waals surface area contributed by atoms with Crippen LogP contribution >= 0.6 is 0 Å². The van der Waals surface area contributed by atoms with Gasteiger partial charge in [-0.15, -0.1) is 0 Å². The van der Waals surface area contributed by atoms with Crippen LogP contribution < -0.4 is 14.9 Å². The van der Waals surface area contributed by atoms with Crippen LogP contribution in [0.5, 0.6) is 23.0 Å². The molecule has 6 nitrogen and oxygen atoms in total. The molecule has 2 N–H and O–H groups in total. The summed E-state index contributed by atoms with van der Waals surface area (Å²) >= 11 is 0. The number of hydrogen-bond acceptors (Lipinski definition) is 6. The highest BCUT2D eigenvalue weighted by Crippen LogP contribution is 2.42. The first-order valence-corrected chi connectivity index (χ1v) is 6.11. The third kappa shape index (κ3) is 1.76. The molecule has 0 amide bonds. The zero-order valence-corrected chi connectivity index (χ0v) is 11.3. The summed E-state index contributed by atoms with van der Waals surface area (Å²) in [6.07, 6.45) is 0. The van der Waals surface area contributed by atoms with E-state index in [0.29, 0.717) is 0 Å². The van der Waals surface area contributed by atoms with Gasteiger partial charge in [-0.05, 0) is 12.1 Å². The van der Waals surface area contributed by atoms with Crippen molar-refractivity contribution in [3.63, 3.8) is 0 Å². The second-order valence-electron chi connectivity index (χ2n) is 4.42. The molecule has 1 heterocycles. The third-order valence-electron chi connectivity index (χ3n) is 3.29. The predicted octanol–water partition coefficient (Wildman–Crippen LogP) is 2.37. The van der Waals surface area contributed by atoms with Crippen LogP contribution in [0.2, 0.25) is 0 Å². The van der Waals surface area contributed by atoms with E-state index in [1.807, 2.05) is 0 Å². The lowest BCUT2D eigenvalue weighted by molar-refractivity contribution is 0.334. The Hall–Kier alpha value is -2.89. The largest absolute Gasteiger partial charge is 0.507 e. The van der Waals surface area contributed by atoms with Crippen molar-refractivity contribution in [1.29, 1.82) is 0 Å². The molecule has 21 heavy (non-hydrogen) atoms. The van der Waals surface area contributed by atoms with Gasteiger partial charge in [-0.25, -0.2) is 0 Å². The van der Waals surface area contributed by atoms with Gasteiger partial charge in [0.1, 0.15) is 27.7 Å². The number of aromatic hydroxyl groups is 2.